The van der Waals surface area contributed by atoms with Gasteiger partial charge < -0.3 is 19.5 Å². The zero-order valence-electron chi connectivity index (χ0n) is 10.8. The van der Waals surface area contributed by atoms with Crippen LogP contribution in [0.1, 0.15) is 12.8 Å². The van der Waals surface area contributed by atoms with Crippen LogP contribution in [0.15, 0.2) is 24.3 Å². The average Bonchev–Trinajstić information content (AvgIpc) is 2.91. The van der Waals surface area contributed by atoms with E-state index in [0.717, 1.165) is 0 Å². The lowest BCUT2D eigenvalue weighted by atomic mass is 10.1. The maximum atomic E-state index is 12.0. The lowest BCUT2D eigenvalue weighted by Gasteiger charge is -2.31. The highest BCUT2D eigenvalue weighted by Gasteiger charge is 2.34. The molecule has 0 aliphatic carbocycles. The van der Waals surface area contributed by atoms with Crippen LogP contribution in [-0.4, -0.2) is 42.3 Å². The van der Waals surface area contributed by atoms with Gasteiger partial charge in [-0.1, -0.05) is 12.1 Å². The summed E-state index contributed by atoms with van der Waals surface area (Å²) in [6, 6.07) is 7.31. The van der Waals surface area contributed by atoms with Crippen molar-refractivity contribution >= 4 is 17.6 Å². The molecule has 0 aromatic heterocycles. The van der Waals surface area contributed by atoms with Crippen molar-refractivity contribution in [2.75, 3.05) is 18.1 Å². The molecule has 106 valence electrons. The van der Waals surface area contributed by atoms with Crippen LogP contribution in [0.3, 0.4) is 0 Å². The predicted octanol–water partition coefficient (Wildman–Crippen LogP) is 1.04. The summed E-state index contributed by atoms with van der Waals surface area (Å²) in [5.41, 5.74) is 0.714. The Morgan fingerprint density at radius 3 is 2.90 bits per heavy atom. The lowest BCUT2D eigenvalue weighted by molar-refractivity contribution is -0.149. The van der Waals surface area contributed by atoms with Crippen LogP contribution < -0.4 is 9.64 Å². The molecule has 2 heterocycles. The number of rotatable bonds is 3. The van der Waals surface area contributed by atoms with Crippen molar-refractivity contribution in [3.05, 3.63) is 24.3 Å². The van der Waals surface area contributed by atoms with Crippen LogP contribution >= 0.6 is 0 Å². The first-order valence-electron chi connectivity index (χ1n) is 6.55. The topological polar surface area (TPSA) is 76.1 Å². The molecule has 0 radical (unpaired) electrons. The van der Waals surface area contributed by atoms with Crippen LogP contribution in [-0.2, 0) is 14.3 Å². The SMILES string of the molecule is O=C(O)C1CCC(CN2C(=O)COc3ccccc32)O1. The summed E-state index contributed by atoms with van der Waals surface area (Å²) in [6.07, 6.45) is 0.127. The largest absolute Gasteiger partial charge is 0.482 e. The van der Waals surface area contributed by atoms with Crippen molar-refractivity contribution in [2.45, 2.75) is 25.0 Å². The Kier molecular flexibility index (Phi) is 3.31. The van der Waals surface area contributed by atoms with Crippen LogP contribution in [0.2, 0.25) is 0 Å². The van der Waals surface area contributed by atoms with Gasteiger partial charge in [0.15, 0.2) is 12.7 Å². The smallest absolute Gasteiger partial charge is 0.332 e. The van der Waals surface area contributed by atoms with Crippen LogP contribution in [0, 0.1) is 0 Å². The molecule has 0 saturated carbocycles. The predicted molar refractivity (Wildman–Crippen MR) is 69.8 cm³/mol. The number of anilines is 1. The molecule has 1 aromatic carbocycles. The molecule has 0 bridgehead atoms. The Morgan fingerprint density at radius 1 is 1.35 bits per heavy atom. The van der Waals surface area contributed by atoms with Gasteiger partial charge in [-0.2, -0.15) is 0 Å². The fraction of sp³-hybridized carbons (Fsp3) is 0.429. The van der Waals surface area contributed by atoms with Gasteiger partial charge >= 0.3 is 5.97 Å². The van der Waals surface area contributed by atoms with E-state index in [-0.39, 0.29) is 18.6 Å². The summed E-state index contributed by atoms with van der Waals surface area (Å²) in [5.74, 6) is -0.410. The number of carbonyl (C=O) groups excluding carboxylic acids is 1. The molecule has 2 unspecified atom stereocenters. The van der Waals surface area contributed by atoms with Crippen molar-refractivity contribution in [3.63, 3.8) is 0 Å². The van der Waals surface area contributed by atoms with E-state index in [0.29, 0.717) is 30.8 Å². The van der Waals surface area contributed by atoms with Gasteiger partial charge in [0.25, 0.3) is 5.91 Å². The third-order valence-electron chi connectivity index (χ3n) is 3.58. The van der Waals surface area contributed by atoms with Crippen LogP contribution in [0.25, 0.3) is 0 Å². The Hall–Kier alpha value is -2.08. The summed E-state index contributed by atoms with van der Waals surface area (Å²) < 4.78 is 10.8. The van der Waals surface area contributed by atoms with E-state index < -0.39 is 12.1 Å². The highest BCUT2D eigenvalue weighted by atomic mass is 16.5. The van der Waals surface area contributed by atoms with Crippen LogP contribution in [0.5, 0.6) is 5.75 Å². The first-order valence-corrected chi connectivity index (χ1v) is 6.55. The third-order valence-corrected chi connectivity index (χ3v) is 3.58. The molecule has 1 fully saturated rings. The minimum absolute atomic E-state index is 0.00604. The summed E-state index contributed by atoms with van der Waals surface area (Å²) in [5, 5.41) is 8.92. The summed E-state index contributed by atoms with van der Waals surface area (Å²) in [6.45, 7) is 0.370. The van der Waals surface area contributed by atoms with Crippen molar-refractivity contribution in [2.24, 2.45) is 0 Å². The molecule has 2 aliphatic heterocycles. The average molecular weight is 277 g/mol. The Bertz CT molecular complexity index is 544. The molecule has 1 saturated heterocycles. The number of carboxylic acids is 1. The monoisotopic (exact) mass is 277 g/mol. The first kappa shape index (κ1) is 12.9. The van der Waals surface area contributed by atoms with Gasteiger partial charge in [0.1, 0.15) is 5.75 Å². The molecule has 2 atom stereocenters. The number of hydrogen-bond acceptors (Lipinski definition) is 4. The van der Waals surface area contributed by atoms with Gasteiger partial charge in [-0.15, -0.1) is 0 Å². The van der Waals surface area contributed by atoms with Gasteiger partial charge in [-0.25, -0.2) is 4.79 Å². The van der Waals surface area contributed by atoms with E-state index in [2.05, 4.69) is 0 Å². The number of carbonyl (C=O) groups is 2. The number of amides is 1. The van der Waals surface area contributed by atoms with E-state index in [1.165, 1.54) is 0 Å². The maximum Gasteiger partial charge on any atom is 0.332 e. The van der Waals surface area contributed by atoms with Crippen molar-refractivity contribution in [1.29, 1.82) is 0 Å². The zero-order valence-corrected chi connectivity index (χ0v) is 10.8. The number of benzene rings is 1. The van der Waals surface area contributed by atoms with E-state index in [1.54, 1.807) is 4.90 Å². The van der Waals surface area contributed by atoms with E-state index in [9.17, 15) is 9.59 Å². The summed E-state index contributed by atoms with van der Waals surface area (Å²) in [4.78, 5) is 24.5. The van der Waals surface area contributed by atoms with E-state index >= 15 is 0 Å². The Labute approximate surface area is 115 Å². The Balaban J connectivity index is 1.74. The summed E-state index contributed by atoms with van der Waals surface area (Å²) >= 11 is 0. The fourth-order valence-corrected chi connectivity index (χ4v) is 2.58. The third kappa shape index (κ3) is 2.34. The first-order chi connectivity index (χ1) is 9.65. The van der Waals surface area contributed by atoms with Crippen molar-refractivity contribution < 1.29 is 24.2 Å². The molecule has 3 rings (SSSR count). The number of para-hydroxylation sites is 2. The molecular formula is C14H15NO5. The second-order valence-corrected chi connectivity index (χ2v) is 4.92. The summed E-state index contributed by atoms with van der Waals surface area (Å²) in [7, 11) is 0. The number of carboxylic acid groups (broad SMARTS) is 1. The van der Waals surface area contributed by atoms with Crippen molar-refractivity contribution in [3.8, 4) is 5.75 Å². The second kappa shape index (κ2) is 5.13. The zero-order chi connectivity index (χ0) is 14.1. The fourth-order valence-electron chi connectivity index (χ4n) is 2.58. The van der Waals surface area contributed by atoms with E-state index in [1.807, 2.05) is 24.3 Å². The standard InChI is InChI=1S/C14H15NO5/c16-13-8-19-11-4-2-1-3-10(11)15(13)7-9-5-6-12(20-9)14(17)18/h1-4,9,12H,5-8H2,(H,17,18). The number of aliphatic carboxylic acids is 1. The maximum absolute atomic E-state index is 12.0. The van der Waals surface area contributed by atoms with Crippen LogP contribution in [0.4, 0.5) is 5.69 Å². The molecule has 6 nitrogen and oxygen atoms in total. The molecule has 0 spiro atoms. The molecule has 2 aliphatic rings. The van der Waals surface area contributed by atoms with Gasteiger partial charge in [0.2, 0.25) is 0 Å². The number of hydrogen-bond donors (Lipinski definition) is 1. The number of nitrogens with zero attached hydrogens (tertiary/aromatic N) is 1. The highest BCUT2D eigenvalue weighted by Crippen LogP contribution is 2.33. The lowest BCUT2D eigenvalue weighted by Crippen LogP contribution is -2.43. The minimum Gasteiger partial charge on any atom is -0.482 e. The van der Waals surface area contributed by atoms with E-state index in [4.69, 9.17) is 14.6 Å². The number of fused-ring (bicyclic) bond motifs is 1. The molecule has 1 aromatic rings. The van der Waals surface area contributed by atoms with Crippen molar-refractivity contribution in [1.82, 2.24) is 0 Å². The molecular weight excluding hydrogens is 262 g/mol. The van der Waals surface area contributed by atoms with Gasteiger partial charge in [-0.3, -0.25) is 4.79 Å². The molecule has 1 N–H and O–H groups in total. The number of ether oxygens (including phenoxy) is 2. The van der Waals surface area contributed by atoms with Gasteiger partial charge in [-0.05, 0) is 25.0 Å². The molecule has 20 heavy (non-hydrogen) atoms. The van der Waals surface area contributed by atoms with Gasteiger partial charge in [0, 0.05) is 0 Å². The normalized spacial score (nSPS) is 25.2. The molecule has 1 amide bonds. The quantitative estimate of drug-likeness (QED) is 0.893. The minimum atomic E-state index is -0.943. The highest BCUT2D eigenvalue weighted by molar-refractivity contribution is 5.97. The Morgan fingerprint density at radius 2 is 2.15 bits per heavy atom. The second-order valence-electron chi connectivity index (χ2n) is 4.92. The molecule has 6 heteroatoms. The van der Waals surface area contributed by atoms with Gasteiger partial charge in [0.05, 0.1) is 18.3 Å².